The molecule has 150 valence electrons. The van der Waals surface area contributed by atoms with Crippen molar-refractivity contribution in [2.45, 2.75) is 24.3 Å². The number of sulfonamides is 1. The number of nitrogens with one attached hydrogen (secondary N) is 2. The Morgan fingerprint density at radius 2 is 2.00 bits per heavy atom. The Morgan fingerprint density at radius 3 is 2.64 bits per heavy atom. The first-order valence-corrected chi connectivity index (χ1v) is 10.2. The lowest BCUT2D eigenvalue weighted by atomic mass is 10.1. The average molecular weight is 431 g/mol. The van der Waals surface area contributed by atoms with Gasteiger partial charge in [-0.15, -0.1) is 0 Å². The fraction of sp³-hybridized carbons (Fsp3) is 0.278. The number of benzene rings is 2. The van der Waals surface area contributed by atoms with Gasteiger partial charge in [-0.05, 0) is 49.2 Å². The molecule has 0 aromatic heterocycles. The van der Waals surface area contributed by atoms with Crippen molar-refractivity contribution >= 4 is 33.2 Å². The van der Waals surface area contributed by atoms with Gasteiger partial charge in [-0.1, -0.05) is 11.6 Å². The van der Waals surface area contributed by atoms with E-state index in [1.165, 1.54) is 19.1 Å². The maximum Gasteiger partial charge on any atom is 0.258 e. The number of aryl methyl sites for hydroxylation is 1. The van der Waals surface area contributed by atoms with E-state index >= 15 is 0 Å². The molecule has 2 N–H and O–H groups in total. The van der Waals surface area contributed by atoms with Gasteiger partial charge in [-0.3, -0.25) is 4.79 Å². The first kappa shape index (κ1) is 20.7. The zero-order valence-corrected chi connectivity index (χ0v) is 16.3. The van der Waals surface area contributed by atoms with Crippen molar-refractivity contribution < 1.29 is 26.7 Å². The van der Waals surface area contributed by atoms with Crippen LogP contribution in [0.3, 0.4) is 0 Å². The van der Waals surface area contributed by atoms with Crippen LogP contribution in [0.15, 0.2) is 35.2 Å². The zero-order valence-electron chi connectivity index (χ0n) is 14.8. The maximum absolute atomic E-state index is 14.9. The highest BCUT2D eigenvalue weighted by atomic mass is 35.5. The highest BCUT2D eigenvalue weighted by molar-refractivity contribution is 7.89. The molecule has 0 radical (unpaired) electrons. The molecular formula is C18H17ClF2N2O4S. The van der Waals surface area contributed by atoms with Crippen molar-refractivity contribution in [3.05, 3.63) is 58.1 Å². The van der Waals surface area contributed by atoms with Gasteiger partial charge in [0.15, 0.2) is 5.82 Å². The second-order valence-corrected chi connectivity index (χ2v) is 8.48. The van der Waals surface area contributed by atoms with Crippen molar-refractivity contribution in [2.75, 3.05) is 18.5 Å². The number of carbonyl (C=O) groups excluding carboxylic acids is 1. The first-order chi connectivity index (χ1) is 13.2. The lowest BCUT2D eigenvalue weighted by Gasteiger charge is -2.14. The molecule has 3 rings (SSSR count). The van der Waals surface area contributed by atoms with Gasteiger partial charge in [0.1, 0.15) is 10.7 Å². The molecule has 0 spiro atoms. The monoisotopic (exact) mass is 430 g/mol. The van der Waals surface area contributed by atoms with Gasteiger partial charge >= 0.3 is 0 Å². The summed E-state index contributed by atoms with van der Waals surface area (Å²) in [5, 5.41) is 2.29. The van der Waals surface area contributed by atoms with E-state index in [0.717, 1.165) is 18.2 Å². The number of hydrogen-bond donors (Lipinski definition) is 2. The molecule has 0 bridgehead atoms. The topological polar surface area (TPSA) is 84.5 Å². The van der Waals surface area contributed by atoms with Crippen LogP contribution in [0, 0.1) is 18.6 Å². The zero-order chi connectivity index (χ0) is 20.5. The molecule has 1 fully saturated rings. The van der Waals surface area contributed by atoms with Gasteiger partial charge in [0.2, 0.25) is 10.0 Å². The molecule has 0 aliphatic carbocycles. The summed E-state index contributed by atoms with van der Waals surface area (Å²) >= 11 is 5.92. The normalized spacial score (nSPS) is 16.9. The molecule has 0 unspecified atom stereocenters. The molecule has 1 heterocycles. The van der Waals surface area contributed by atoms with Crippen LogP contribution < -0.4 is 10.0 Å². The summed E-state index contributed by atoms with van der Waals surface area (Å²) in [4.78, 5) is 11.7. The largest absolute Gasteiger partial charge is 0.380 e. The van der Waals surface area contributed by atoms with Crippen molar-refractivity contribution in [2.24, 2.45) is 0 Å². The number of anilines is 1. The van der Waals surface area contributed by atoms with E-state index in [9.17, 15) is 22.0 Å². The van der Waals surface area contributed by atoms with Gasteiger partial charge < -0.3 is 10.1 Å². The highest BCUT2D eigenvalue weighted by Gasteiger charge is 2.29. The number of carbonyl (C=O) groups is 1. The SMILES string of the molecule is Cc1cc(NC(=O)c2cc(Cl)cc(S(=O)(=O)N[C@H]3CCOC3)c2F)ccc1F. The minimum atomic E-state index is -4.26. The standard InChI is InChI=1S/C18H17ClF2N2O4S/c1-10-6-12(2-3-15(10)20)22-18(24)14-7-11(19)8-16(17(14)21)28(25,26)23-13-4-5-27-9-13/h2-3,6-8,13,23H,4-5,9H2,1H3,(H,22,24)/t13-/m0/s1. The molecule has 1 aliphatic rings. The third kappa shape index (κ3) is 4.49. The Morgan fingerprint density at radius 1 is 1.25 bits per heavy atom. The summed E-state index contributed by atoms with van der Waals surface area (Å²) in [6.07, 6.45) is 0.457. The molecule has 1 atom stereocenters. The number of hydrogen-bond acceptors (Lipinski definition) is 4. The first-order valence-electron chi connectivity index (χ1n) is 8.34. The molecular weight excluding hydrogens is 414 g/mol. The molecule has 28 heavy (non-hydrogen) atoms. The predicted molar refractivity (Wildman–Crippen MR) is 100 cm³/mol. The number of ether oxygens (including phenoxy) is 1. The number of halogens is 3. The van der Waals surface area contributed by atoms with E-state index in [1.54, 1.807) is 0 Å². The van der Waals surface area contributed by atoms with Gasteiger partial charge in [-0.2, -0.15) is 0 Å². The van der Waals surface area contributed by atoms with Crippen LogP contribution in [-0.4, -0.2) is 33.6 Å². The van der Waals surface area contributed by atoms with E-state index in [-0.39, 0.29) is 22.9 Å². The lowest BCUT2D eigenvalue weighted by Crippen LogP contribution is -2.35. The Hall–Kier alpha value is -2.07. The highest BCUT2D eigenvalue weighted by Crippen LogP contribution is 2.25. The Kier molecular flexibility index (Phi) is 5.99. The van der Waals surface area contributed by atoms with Crippen molar-refractivity contribution in [3.63, 3.8) is 0 Å². The summed E-state index contributed by atoms with van der Waals surface area (Å²) in [7, 11) is -4.26. The summed E-state index contributed by atoms with van der Waals surface area (Å²) in [6, 6.07) is 5.32. The van der Waals surface area contributed by atoms with E-state index in [0.29, 0.717) is 13.0 Å². The van der Waals surface area contributed by atoms with Crippen LogP contribution in [0.4, 0.5) is 14.5 Å². The van der Waals surface area contributed by atoms with Crippen LogP contribution in [0.1, 0.15) is 22.3 Å². The molecule has 10 heteroatoms. The van der Waals surface area contributed by atoms with Crippen molar-refractivity contribution in [1.82, 2.24) is 4.72 Å². The van der Waals surface area contributed by atoms with E-state index in [4.69, 9.17) is 16.3 Å². The number of rotatable bonds is 5. The molecule has 2 aromatic rings. The van der Waals surface area contributed by atoms with Gasteiger partial charge in [0, 0.05) is 23.4 Å². The van der Waals surface area contributed by atoms with Crippen LogP contribution in [0.5, 0.6) is 0 Å². The summed E-state index contributed by atoms with van der Waals surface area (Å²) in [6.45, 7) is 2.09. The maximum atomic E-state index is 14.9. The van der Waals surface area contributed by atoms with E-state index in [2.05, 4.69) is 10.0 Å². The molecule has 1 amide bonds. The smallest absolute Gasteiger partial charge is 0.258 e. The lowest BCUT2D eigenvalue weighted by molar-refractivity contribution is 0.102. The minimum absolute atomic E-state index is 0.120. The Balaban J connectivity index is 1.91. The van der Waals surface area contributed by atoms with Crippen LogP contribution >= 0.6 is 11.6 Å². The fourth-order valence-electron chi connectivity index (χ4n) is 2.76. The van der Waals surface area contributed by atoms with Crippen molar-refractivity contribution in [3.8, 4) is 0 Å². The molecule has 1 aliphatic heterocycles. The van der Waals surface area contributed by atoms with E-state index < -0.39 is 44.1 Å². The Bertz CT molecular complexity index is 1020. The van der Waals surface area contributed by atoms with Crippen LogP contribution in [0.2, 0.25) is 5.02 Å². The van der Waals surface area contributed by atoms with Gasteiger partial charge in [0.25, 0.3) is 5.91 Å². The third-order valence-electron chi connectivity index (χ3n) is 4.21. The molecule has 2 aromatic carbocycles. The third-order valence-corrected chi connectivity index (χ3v) is 5.94. The molecule has 1 saturated heterocycles. The van der Waals surface area contributed by atoms with E-state index in [1.807, 2.05) is 0 Å². The molecule has 6 nitrogen and oxygen atoms in total. The summed E-state index contributed by atoms with van der Waals surface area (Å²) < 4.78 is 60.8. The minimum Gasteiger partial charge on any atom is -0.380 e. The summed E-state index contributed by atoms with van der Waals surface area (Å²) in [5.74, 6) is -2.60. The predicted octanol–water partition coefficient (Wildman–Crippen LogP) is 3.25. The van der Waals surface area contributed by atoms with Crippen LogP contribution in [-0.2, 0) is 14.8 Å². The Labute approximate surface area is 165 Å². The van der Waals surface area contributed by atoms with Crippen LogP contribution in [0.25, 0.3) is 0 Å². The second-order valence-electron chi connectivity index (χ2n) is 6.37. The molecule has 0 saturated carbocycles. The van der Waals surface area contributed by atoms with Crippen molar-refractivity contribution in [1.29, 1.82) is 0 Å². The van der Waals surface area contributed by atoms with Gasteiger partial charge in [-0.25, -0.2) is 21.9 Å². The average Bonchev–Trinajstić information content (AvgIpc) is 3.12. The number of amides is 1. The fourth-order valence-corrected chi connectivity index (χ4v) is 4.42. The summed E-state index contributed by atoms with van der Waals surface area (Å²) in [5.41, 5.74) is -0.0259. The van der Waals surface area contributed by atoms with Gasteiger partial charge in [0.05, 0.1) is 12.2 Å². The second kappa shape index (κ2) is 8.12. The quantitative estimate of drug-likeness (QED) is 0.762.